The van der Waals surface area contributed by atoms with Gasteiger partial charge >= 0.3 is 0 Å². The Morgan fingerprint density at radius 1 is 1.02 bits per heavy atom. The number of carbonyl (C=O) groups is 4. The number of Topliss-reactive ketones (excluding diaryl/α,β-unsaturated/α-hetero) is 1. The number of thiophene rings is 1. The second-order valence-electron chi connectivity index (χ2n) is 10.2. The van der Waals surface area contributed by atoms with Gasteiger partial charge in [-0.1, -0.05) is 18.2 Å². The number of aryl methyl sites for hydroxylation is 2. The van der Waals surface area contributed by atoms with Crippen LogP contribution in [-0.4, -0.2) is 55.0 Å². The van der Waals surface area contributed by atoms with Gasteiger partial charge in [0.15, 0.2) is 17.3 Å². The van der Waals surface area contributed by atoms with Crippen LogP contribution in [0.5, 0.6) is 11.5 Å². The molecule has 0 aliphatic carbocycles. The number of hydrogen-bond acceptors (Lipinski definition) is 8. The monoisotopic (exact) mass is 577 g/mol. The van der Waals surface area contributed by atoms with Gasteiger partial charge in [0.2, 0.25) is 24.5 Å². The number of nitrogens with one attached hydrogen (secondary N) is 1. The Kier molecular flexibility index (Phi) is 7.83. The van der Waals surface area contributed by atoms with E-state index in [2.05, 4.69) is 5.32 Å². The summed E-state index contributed by atoms with van der Waals surface area (Å²) in [4.78, 5) is 56.3. The van der Waals surface area contributed by atoms with Gasteiger partial charge < -0.3 is 30.2 Å². The number of ketones is 1. The van der Waals surface area contributed by atoms with E-state index in [1.807, 2.05) is 19.9 Å². The van der Waals surface area contributed by atoms with E-state index in [4.69, 9.17) is 19.9 Å². The van der Waals surface area contributed by atoms with Crippen molar-refractivity contribution in [2.75, 3.05) is 25.8 Å². The van der Waals surface area contributed by atoms with Crippen molar-refractivity contribution < 1.29 is 33.4 Å². The third-order valence-corrected chi connectivity index (χ3v) is 8.44. The Labute approximate surface area is 241 Å². The number of likely N-dealkylation sites (tertiary alicyclic amines) is 1. The van der Waals surface area contributed by atoms with Crippen molar-refractivity contribution in [3.63, 3.8) is 0 Å². The molecule has 0 spiro atoms. The number of benzene rings is 2. The number of nitrogens with two attached hydrogens (primary N) is 1. The normalized spacial score (nSPS) is 21.1. The molecule has 0 bridgehead atoms. The molecule has 3 aromatic rings. The average molecular weight is 578 g/mol. The molecule has 2 aliphatic heterocycles. The van der Waals surface area contributed by atoms with Gasteiger partial charge in [-0.3, -0.25) is 19.2 Å². The predicted octanol–water partition coefficient (Wildman–Crippen LogP) is 3.72. The minimum absolute atomic E-state index is 0.0543. The van der Waals surface area contributed by atoms with E-state index in [0.717, 1.165) is 9.75 Å². The molecule has 2 aromatic carbocycles. The first-order valence-corrected chi connectivity index (χ1v) is 13.9. The minimum Gasteiger partial charge on any atom is -0.454 e. The quantitative estimate of drug-likeness (QED) is 0.389. The third-order valence-electron chi connectivity index (χ3n) is 7.48. The molecule has 1 fully saturated rings. The first kappa shape index (κ1) is 28.3. The van der Waals surface area contributed by atoms with Gasteiger partial charge in [-0.05, 0) is 55.3 Å². The molecule has 5 rings (SSSR count). The standard InChI is InChI=1S/C30H31N3O7S/c1-15-11-21(16(2)41-15)29(36)26-25(18-5-8-20(9-6-18)32-17(3)34)28(30(31)37)33(24(35)13-38-4)27(26)19-7-10-22-23(12-19)40-14-39-22/h5-12,25-28H,13-14H2,1-4H3,(H2,31,37)(H,32,34). The Morgan fingerprint density at radius 2 is 1.71 bits per heavy atom. The molecule has 0 radical (unpaired) electrons. The summed E-state index contributed by atoms with van der Waals surface area (Å²) in [6.07, 6.45) is 0. The number of carbonyl (C=O) groups excluding carboxylic acids is 4. The van der Waals surface area contributed by atoms with Crippen molar-refractivity contribution in [2.45, 2.75) is 38.8 Å². The molecule has 3 N–H and O–H groups in total. The van der Waals surface area contributed by atoms with E-state index in [0.29, 0.717) is 33.9 Å². The largest absolute Gasteiger partial charge is 0.454 e. The molecular formula is C30H31N3O7S. The van der Waals surface area contributed by atoms with E-state index in [9.17, 15) is 19.2 Å². The van der Waals surface area contributed by atoms with Gasteiger partial charge in [-0.2, -0.15) is 0 Å². The van der Waals surface area contributed by atoms with Crippen molar-refractivity contribution in [1.29, 1.82) is 0 Å². The molecule has 2 aliphatic rings. The lowest BCUT2D eigenvalue weighted by atomic mass is 9.76. The SMILES string of the molecule is COCC(=O)N1C(C(N)=O)C(c2ccc(NC(C)=O)cc2)C(C(=O)c2cc(C)sc2C)C1c1ccc2c(c1)OCO2. The summed E-state index contributed by atoms with van der Waals surface area (Å²) in [6.45, 7) is 4.96. The Bertz CT molecular complexity index is 1520. The summed E-state index contributed by atoms with van der Waals surface area (Å²) in [5, 5.41) is 2.73. The predicted molar refractivity (Wildman–Crippen MR) is 152 cm³/mol. The molecule has 214 valence electrons. The van der Waals surface area contributed by atoms with Crippen LogP contribution in [0.3, 0.4) is 0 Å². The van der Waals surface area contributed by atoms with Gasteiger partial charge in [0.25, 0.3) is 0 Å². The van der Waals surface area contributed by atoms with Crippen LogP contribution in [-0.2, 0) is 19.1 Å². The number of amides is 3. The zero-order chi connectivity index (χ0) is 29.4. The number of methoxy groups -OCH3 is 1. The van der Waals surface area contributed by atoms with Crippen LogP contribution >= 0.6 is 11.3 Å². The summed E-state index contributed by atoms with van der Waals surface area (Å²) in [5.41, 5.74) is 8.35. The highest BCUT2D eigenvalue weighted by Crippen LogP contribution is 2.52. The molecule has 4 unspecified atom stereocenters. The van der Waals surface area contributed by atoms with Crippen LogP contribution < -0.4 is 20.5 Å². The highest BCUT2D eigenvalue weighted by atomic mass is 32.1. The molecule has 10 nitrogen and oxygen atoms in total. The van der Waals surface area contributed by atoms with Gasteiger partial charge in [0.05, 0.1) is 12.0 Å². The second-order valence-corrected chi connectivity index (χ2v) is 11.6. The summed E-state index contributed by atoms with van der Waals surface area (Å²) in [6, 6.07) is 12.0. The maximum atomic E-state index is 14.6. The van der Waals surface area contributed by atoms with Crippen molar-refractivity contribution in [1.82, 2.24) is 4.90 Å². The molecule has 3 heterocycles. The zero-order valence-corrected chi connectivity index (χ0v) is 23.9. The molecule has 3 amide bonds. The molecule has 0 saturated carbocycles. The molecular weight excluding hydrogens is 546 g/mol. The first-order valence-electron chi connectivity index (χ1n) is 13.1. The average Bonchev–Trinajstić information content (AvgIpc) is 3.62. The van der Waals surface area contributed by atoms with Gasteiger partial charge in [-0.15, -0.1) is 11.3 Å². The number of hydrogen-bond donors (Lipinski definition) is 2. The van der Waals surface area contributed by atoms with E-state index in [1.54, 1.807) is 42.5 Å². The fourth-order valence-electron chi connectivity index (χ4n) is 5.94. The number of ether oxygens (including phenoxy) is 3. The summed E-state index contributed by atoms with van der Waals surface area (Å²) < 4.78 is 16.3. The number of primary amides is 1. The Balaban J connectivity index is 1.73. The first-order chi connectivity index (χ1) is 19.6. The number of fused-ring (bicyclic) bond motifs is 1. The third kappa shape index (κ3) is 5.30. The lowest BCUT2D eigenvalue weighted by Crippen LogP contribution is -2.48. The lowest BCUT2D eigenvalue weighted by molar-refractivity contribution is -0.143. The summed E-state index contributed by atoms with van der Waals surface area (Å²) in [7, 11) is 1.39. The van der Waals surface area contributed by atoms with Crippen molar-refractivity contribution in [2.24, 2.45) is 11.7 Å². The number of rotatable bonds is 8. The van der Waals surface area contributed by atoms with E-state index >= 15 is 0 Å². The van der Waals surface area contributed by atoms with Crippen LogP contribution in [0.4, 0.5) is 5.69 Å². The number of anilines is 1. The van der Waals surface area contributed by atoms with Crippen molar-refractivity contribution in [3.8, 4) is 11.5 Å². The van der Waals surface area contributed by atoms with E-state index in [-0.39, 0.29) is 25.1 Å². The molecule has 4 atom stereocenters. The topological polar surface area (TPSA) is 137 Å². The Hall–Kier alpha value is -4.22. The van der Waals surface area contributed by atoms with Gasteiger partial charge in [0.1, 0.15) is 12.6 Å². The highest BCUT2D eigenvalue weighted by Gasteiger charge is 2.57. The van der Waals surface area contributed by atoms with Crippen LogP contribution in [0.2, 0.25) is 0 Å². The smallest absolute Gasteiger partial charge is 0.249 e. The zero-order valence-electron chi connectivity index (χ0n) is 23.1. The fourth-order valence-corrected chi connectivity index (χ4v) is 6.87. The maximum absolute atomic E-state index is 14.6. The van der Waals surface area contributed by atoms with Crippen LogP contribution in [0.25, 0.3) is 0 Å². The summed E-state index contributed by atoms with van der Waals surface area (Å²) in [5.74, 6) is -2.31. The molecule has 1 saturated heterocycles. The van der Waals surface area contributed by atoms with E-state index < -0.39 is 35.7 Å². The van der Waals surface area contributed by atoms with Crippen LogP contribution in [0.15, 0.2) is 48.5 Å². The van der Waals surface area contributed by atoms with Crippen LogP contribution in [0.1, 0.15) is 50.1 Å². The summed E-state index contributed by atoms with van der Waals surface area (Å²) >= 11 is 1.51. The fraction of sp³-hybridized carbons (Fsp3) is 0.333. The second kappa shape index (κ2) is 11.3. The number of nitrogens with zero attached hydrogens (tertiary/aromatic N) is 1. The van der Waals surface area contributed by atoms with Crippen LogP contribution in [0, 0.1) is 19.8 Å². The highest BCUT2D eigenvalue weighted by molar-refractivity contribution is 7.12. The molecule has 41 heavy (non-hydrogen) atoms. The van der Waals surface area contributed by atoms with Crippen molar-refractivity contribution >= 4 is 40.5 Å². The van der Waals surface area contributed by atoms with Gasteiger partial charge in [0, 0.05) is 41.0 Å². The van der Waals surface area contributed by atoms with E-state index in [1.165, 1.54) is 30.3 Å². The van der Waals surface area contributed by atoms with Crippen molar-refractivity contribution in [3.05, 3.63) is 75.0 Å². The molecule has 1 aromatic heterocycles. The lowest BCUT2D eigenvalue weighted by Gasteiger charge is -2.30. The Morgan fingerprint density at radius 3 is 2.32 bits per heavy atom. The van der Waals surface area contributed by atoms with Gasteiger partial charge in [-0.25, -0.2) is 0 Å². The maximum Gasteiger partial charge on any atom is 0.249 e. The molecule has 11 heteroatoms. The minimum atomic E-state index is -1.16.